The van der Waals surface area contributed by atoms with Gasteiger partial charge in [0, 0.05) is 31.4 Å². The molecule has 3 rings (SSSR count). The predicted molar refractivity (Wildman–Crippen MR) is 110 cm³/mol. The highest BCUT2D eigenvalue weighted by atomic mass is 16.5. The fourth-order valence-electron chi connectivity index (χ4n) is 3.28. The quantitative estimate of drug-likeness (QED) is 0.604. The number of aryl methyl sites for hydroxylation is 4. The lowest BCUT2D eigenvalue weighted by molar-refractivity contribution is 0.0772. The second-order valence-electron chi connectivity index (χ2n) is 7.29. The number of aromatic nitrogens is 3. The Morgan fingerprint density at radius 3 is 2.45 bits per heavy atom. The number of amides is 1. The lowest BCUT2D eigenvalue weighted by Crippen LogP contribution is -2.28. The number of benzene rings is 1. The van der Waals surface area contributed by atoms with Crippen LogP contribution in [0.4, 0.5) is 0 Å². The highest BCUT2D eigenvalue weighted by Crippen LogP contribution is 2.21. The summed E-state index contributed by atoms with van der Waals surface area (Å²) in [5, 5.41) is 8.53. The van der Waals surface area contributed by atoms with Gasteiger partial charge in [0.15, 0.2) is 5.69 Å². The third-order valence-electron chi connectivity index (χ3n) is 5.16. The molecule has 0 aliphatic rings. The highest BCUT2D eigenvalue weighted by molar-refractivity contribution is 5.93. The molecule has 0 fully saturated rings. The van der Waals surface area contributed by atoms with E-state index >= 15 is 0 Å². The monoisotopic (exact) mass is 396 g/mol. The molecule has 154 valence electrons. The molecule has 0 radical (unpaired) electrons. The molecule has 0 saturated carbocycles. The molecule has 0 atom stereocenters. The molecule has 0 spiro atoms. The predicted octanol–water partition coefficient (Wildman–Crippen LogP) is 3.98. The molecule has 7 nitrogen and oxygen atoms in total. The second kappa shape index (κ2) is 8.51. The summed E-state index contributed by atoms with van der Waals surface area (Å²) in [5.74, 6) is 1.12. The van der Waals surface area contributed by atoms with Crippen LogP contribution in [0.1, 0.15) is 51.3 Å². The van der Waals surface area contributed by atoms with Crippen LogP contribution in [0.2, 0.25) is 0 Å². The summed E-state index contributed by atoms with van der Waals surface area (Å²) in [5.41, 5.74) is 5.18. The Labute approximate surface area is 171 Å². The first-order valence-electron chi connectivity index (χ1n) is 9.74. The molecule has 3 aromatic rings. The molecule has 0 unspecified atom stereocenters. The summed E-state index contributed by atoms with van der Waals surface area (Å²) in [7, 11) is 1.76. The Morgan fingerprint density at radius 1 is 1.14 bits per heavy atom. The molecule has 7 heteroatoms. The first kappa shape index (κ1) is 20.6. The Morgan fingerprint density at radius 2 is 1.83 bits per heavy atom. The van der Waals surface area contributed by atoms with Crippen LogP contribution in [0.5, 0.6) is 5.75 Å². The van der Waals surface area contributed by atoms with Crippen LogP contribution in [-0.4, -0.2) is 32.8 Å². The van der Waals surface area contributed by atoms with Crippen LogP contribution in [0, 0.1) is 27.7 Å². The lowest BCUT2D eigenvalue weighted by Gasteiger charge is -2.17. The van der Waals surface area contributed by atoms with Gasteiger partial charge < -0.3 is 14.2 Å². The van der Waals surface area contributed by atoms with E-state index in [1.54, 1.807) is 18.9 Å². The summed E-state index contributed by atoms with van der Waals surface area (Å²) >= 11 is 0. The smallest absolute Gasteiger partial charge is 0.276 e. The van der Waals surface area contributed by atoms with Crippen molar-refractivity contribution in [2.24, 2.45) is 0 Å². The Kier molecular flexibility index (Phi) is 6.06. The van der Waals surface area contributed by atoms with Crippen molar-refractivity contribution >= 4 is 5.91 Å². The van der Waals surface area contributed by atoms with Crippen molar-refractivity contribution in [1.29, 1.82) is 0 Å². The van der Waals surface area contributed by atoms with E-state index in [2.05, 4.69) is 17.2 Å². The average Bonchev–Trinajstić information content (AvgIpc) is 3.20. The number of ether oxygens (including phenoxy) is 1. The summed E-state index contributed by atoms with van der Waals surface area (Å²) < 4.78 is 13.1. The molecule has 2 heterocycles. The molecular weight excluding hydrogens is 368 g/mol. The number of hydrogen-bond acceptors (Lipinski definition) is 5. The molecule has 1 aromatic carbocycles. The summed E-state index contributed by atoms with van der Waals surface area (Å²) in [6.45, 7) is 11.3. The van der Waals surface area contributed by atoms with Gasteiger partial charge in [0.1, 0.15) is 18.1 Å². The third kappa shape index (κ3) is 4.34. The first-order chi connectivity index (χ1) is 13.8. The van der Waals surface area contributed by atoms with E-state index in [0.29, 0.717) is 17.9 Å². The fourth-order valence-corrected chi connectivity index (χ4v) is 3.28. The number of nitrogens with zero attached hydrogens (tertiary/aromatic N) is 4. The zero-order chi connectivity index (χ0) is 21.1. The number of rotatable bonds is 7. The Balaban J connectivity index is 1.75. The molecule has 29 heavy (non-hydrogen) atoms. The maximum atomic E-state index is 13.1. The standard InChI is InChI=1S/C22H28N4O3/c1-7-26-16(4)19(15(3)23-26)12-25(6)22(27)21-20(17(5)29-24-21)13-28-18-10-8-14(2)9-11-18/h8-11H,7,12-13H2,1-6H3. The van der Waals surface area contributed by atoms with Gasteiger partial charge in [-0.25, -0.2) is 0 Å². The highest BCUT2D eigenvalue weighted by Gasteiger charge is 2.25. The van der Waals surface area contributed by atoms with Gasteiger partial charge in [0.05, 0.1) is 11.3 Å². The van der Waals surface area contributed by atoms with E-state index in [-0.39, 0.29) is 18.2 Å². The second-order valence-corrected chi connectivity index (χ2v) is 7.29. The molecule has 0 N–H and O–H groups in total. The maximum absolute atomic E-state index is 13.1. The van der Waals surface area contributed by atoms with Crippen molar-refractivity contribution in [2.45, 2.75) is 54.3 Å². The van der Waals surface area contributed by atoms with Crippen LogP contribution >= 0.6 is 0 Å². The minimum Gasteiger partial charge on any atom is -0.489 e. The molecule has 1 amide bonds. The Hall–Kier alpha value is -3.09. The van der Waals surface area contributed by atoms with Crippen LogP contribution in [-0.2, 0) is 19.7 Å². The number of carbonyl (C=O) groups is 1. The fraction of sp³-hybridized carbons (Fsp3) is 0.409. The number of carbonyl (C=O) groups excluding carboxylic acids is 1. The molecule has 0 saturated heterocycles. The maximum Gasteiger partial charge on any atom is 0.276 e. The van der Waals surface area contributed by atoms with Gasteiger partial charge in [-0.05, 0) is 46.8 Å². The van der Waals surface area contributed by atoms with Gasteiger partial charge in [0.2, 0.25) is 0 Å². The minimum atomic E-state index is -0.201. The van der Waals surface area contributed by atoms with Gasteiger partial charge in [-0.3, -0.25) is 9.48 Å². The molecule has 0 aliphatic carbocycles. The van der Waals surface area contributed by atoms with Gasteiger partial charge in [-0.2, -0.15) is 5.10 Å². The number of hydrogen-bond donors (Lipinski definition) is 0. The van der Waals surface area contributed by atoms with Gasteiger partial charge in [-0.15, -0.1) is 0 Å². The van der Waals surface area contributed by atoms with E-state index in [4.69, 9.17) is 9.26 Å². The zero-order valence-corrected chi connectivity index (χ0v) is 17.9. The topological polar surface area (TPSA) is 73.4 Å². The minimum absolute atomic E-state index is 0.201. The normalized spacial score (nSPS) is 11.0. The molecular formula is C22H28N4O3. The zero-order valence-electron chi connectivity index (χ0n) is 17.9. The van der Waals surface area contributed by atoms with Crippen LogP contribution in [0.15, 0.2) is 28.8 Å². The summed E-state index contributed by atoms with van der Waals surface area (Å²) in [4.78, 5) is 14.7. The van der Waals surface area contributed by atoms with E-state index in [1.165, 1.54) is 0 Å². The first-order valence-corrected chi connectivity index (χ1v) is 9.74. The lowest BCUT2D eigenvalue weighted by atomic mass is 10.1. The third-order valence-corrected chi connectivity index (χ3v) is 5.16. The van der Waals surface area contributed by atoms with Crippen LogP contribution in [0.25, 0.3) is 0 Å². The molecule has 0 bridgehead atoms. The van der Waals surface area contributed by atoms with E-state index in [1.807, 2.05) is 49.7 Å². The van der Waals surface area contributed by atoms with E-state index in [9.17, 15) is 4.79 Å². The van der Waals surface area contributed by atoms with E-state index < -0.39 is 0 Å². The van der Waals surface area contributed by atoms with Gasteiger partial charge >= 0.3 is 0 Å². The van der Waals surface area contributed by atoms with Gasteiger partial charge in [-0.1, -0.05) is 22.9 Å². The summed E-state index contributed by atoms with van der Waals surface area (Å²) in [6.07, 6.45) is 0. The SMILES string of the molecule is CCn1nc(C)c(CN(C)C(=O)c2noc(C)c2COc2ccc(C)cc2)c1C. The largest absolute Gasteiger partial charge is 0.489 e. The summed E-state index contributed by atoms with van der Waals surface area (Å²) in [6, 6.07) is 7.78. The molecule has 0 aliphatic heterocycles. The van der Waals surface area contributed by atoms with Crippen molar-refractivity contribution in [1.82, 2.24) is 19.8 Å². The van der Waals surface area contributed by atoms with E-state index in [0.717, 1.165) is 34.8 Å². The Bertz CT molecular complexity index is 1000. The van der Waals surface area contributed by atoms with Crippen molar-refractivity contribution in [3.05, 3.63) is 63.8 Å². The van der Waals surface area contributed by atoms with Crippen LogP contribution in [0.3, 0.4) is 0 Å². The van der Waals surface area contributed by atoms with Gasteiger partial charge in [0.25, 0.3) is 5.91 Å². The van der Waals surface area contributed by atoms with Crippen LogP contribution < -0.4 is 4.74 Å². The van der Waals surface area contributed by atoms with Crippen molar-refractivity contribution in [3.8, 4) is 5.75 Å². The van der Waals surface area contributed by atoms with Crippen molar-refractivity contribution in [2.75, 3.05) is 7.05 Å². The van der Waals surface area contributed by atoms with Crippen molar-refractivity contribution < 1.29 is 14.1 Å². The van der Waals surface area contributed by atoms with Crippen molar-refractivity contribution in [3.63, 3.8) is 0 Å². The average molecular weight is 396 g/mol. The molecule has 2 aromatic heterocycles.